The van der Waals surface area contributed by atoms with Crippen molar-refractivity contribution >= 4 is 39.0 Å². The van der Waals surface area contributed by atoms with Crippen LogP contribution in [-0.4, -0.2) is 54.8 Å². The molecular formula is C40H56ClFN6O. The van der Waals surface area contributed by atoms with E-state index in [2.05, 4.69) is 41.7 Å². The van der Waals surface area contributed by atoms with E-state index in [0.29, 0.717) is 45.7 Å². The number of halogens is 2. The minimum absolute atomic E-state index is 0.206. The van der Waals surface area contributed by atoms with Crippen LogP contribution in [0.5, 0.6) is 5.88 Å². The maximum absolute atomic E-state index is 17.5. The van der Waals surface area contributed by atoms with Crippen LogP contribution in [0.1, 0.15) is 120 Å². The second-order valence-corrected chi connectivity index (χ2v) is 14.1. The molecule has 0 bridgehead atoms. The fourth-order valence-electron chi connectivity index (χ4n) is 7.93. The van der Waals surface area contributed by atoms with Crippen molar-refractivity contribution in [1.29, 1.82) is 0 Å². The van der Waals surface area contributed by atoms with Gasteiger partial charge in [-0.05, 0) is 93.9 Å². The molecule has 3 aromatic rings. The molecule has 2 saturated heterocycles. The van der Waals surface area contributed by atoms with Gasteiger partial charge in [0, 0.05) is 54.4 Å². The lowest BCUT2D eigenvalue weighted by Crippen LogP contribution is -2.32. The standard InChI is InChI=1S/C38H50ClFN6O.C2H6/c1-23-13-8-9-18-42-27(21-23)16-17-29-43-36-33(37(44-29)46-19-10-6-7-11-20-46)38(47-5)45-35(34(36)40)32-30-24(2)14-12-15-26(30)22-28(41-4)31(32)25(3)39;1-2/h22,24,27,41-42H,1,3,6-21H2,2,4-5H3;1-2H3. The summed E-state index contributed by atoms with van der Waals surface area (Å²) in [5.74, 6) is 1.43. The summed E-state index contributed by atoms with van der Waals surface area (Å²) in [5, 5.41) is 7.88. The Balaban J connectivity index is 0.00000230. The summed E-state index contributed by atoms with van der Waals surface area (Å²) in [6.45, 7) is 17.3. The number of anilines is 2. The van der Waals surface area contributed by atoms with Gasteiger partial charge in [-0.2, -0.15) is 0 Å². The maximum atomic E-state index is 17.5. The molecule has 2 aliphatic heterocycles. The van der Waals surface area contributed by atoms with Crippen LogP contribution in [0, 0.1) is 5.82 Å². The first-order valence-corrected chi connectivity index (χ1v) is 19.0. The SMILES string of the molecule is C=C1CCCCNC(CCc2nc(N3CCCCCC3)c3c(OC)nc(-c4c(C(=C)Cl)c(NC)cc5c4C(C)CCC5)c(F)c3n2)C1.CC. The molecule has 49 heavy (non-hydrogen) atoms. The molecule has 2 N–H and O–H groups in total. The van der Waals surface area contributed by atoms with Crippen LogP contribution in [0.2, 0.25) is 0 Å². The Morgan fingerprint density at radius 3 is 2.53 bits per heavy atom. The Morgan fingerprint density at radius 2 is 1.84 bits per heavy atom. The van der Waals surface area contributed by atoms with Crippen molar-refractivity contribution in [3.8, 4) is 17.1 Å². The number of ether oxygens (including phenoxy) is 1. The lowest BCUT2D eigenvalue weighted by Gasteiger charge is -2.29. The molecule has 1 aromatic carbocycles. The first kappa shape index (κ1) is 37.0. The second kappa shape index (κ2) is 17.1. The predicted octanol–water partition coefficient (Wildman–Crippen LogP) is 9.96. The molecule has 2 unspecified atom stereocenters. The largest absolute Gasteiger partial charge is 0.480 e. The van der Waals surface area contributed by atoms with E-state index in [9.17, 15) is 0 Å². The number of hydrogen-bond donors (Lipinski definition) is 2. The van der Waals surface area contributed by atoms with E-state index >= 15 is 4.39 Å². The molecule has 4 heterocycles. The summed E-state index contributed by atoms with van der Waals surface area (Å²) in [5.41, 5.74) is 6.19. The normalized spacial score (nSPS) is 20.0. The third-order valence-electron chi connectivity index (χ3n) is 10.3. The number of hydrogen-bond acceptors (Lipinski definition) is 7. The molecule has 2 fully saturated rings. The highest BCUT2D eigenvalue weighted by Gasteiger charge is 2.32. The lowest BCUT2D eigenvalue weighted by molar-refractivity contribution is 0.402. The Hall–Kier alpha value is -3.23. The zero-order chi connectivity index (χ0) is 35.1. The molecule has 1 aliphatic carbocycles. The minimum atomic E-state index is -0.467. The van der Waals surface area contributed by atoms with E-state index in [1.54, 1.807) is 7.11 Å². The molecule has 7 nitrogen and oxygen atoms in total. The molecular weight excluding hydrogens is 635 g/mol. The number of fused-ring (bicyclic) bond motifs is 2. The molecule has 2 atom stereocenters. The van der Waals surface area contributed by atoms with Crippen molar-refractivity contribution in [3.05, 3.63) is 53.1 Å². The average Bonchev–Trinajstić information content (AvgIpc) is 3.39. The molecule has 6 rings (SSSR count). The zero-order valence-electron chi connectivity index (χ0n) is 30.4. The van der Waals surface area contributed by atoms with E-state index in [4.69, 9.17) is 31.3 Å². The van der Waals surface area contributed by atoms with E-state index in [1.165, 1.54) is 30.4 Å². The summed E-state index contributed by atoms with van der Waals surface area (Å²) >= 11 is 6.73. The maximum Gasteiger partial charge on any atom is 0.227 e. The molecule has 3 aliphatic rings. The Morgan fingerprint density at radius 1 is 1.08 bits per heavy atom. The quantitative estimate of drug-likeness (QED) is 0.228. The summed E-state index contributed by atoms with van der Waals surface area (Å²) in [4.78, 5) is 17.4. The van der Waals surface area contributed by atoms with Gasteiger partial charge >= 0.3 is 0 Å². The van der Waals surface area contributed by atoms with Gasteiger partial charge in [0.1, 0.15) is 28.2 Å². The lowest BCUT2D eigenvalue weighted by atomic mass is 9.78. The van der Waals surface area contributed by atoms with Crippen LogP contribution in [0.4, 0.5) is 15.9 Å². The Kier molecular flexibility index (Phi) is 12.9. The summed E-state index contributed by atoms with van der Waals surface area (Å²) in [6, 6.07) is 2.44. The minimum Gasteiger partial charge on any atom is -0.480 e. The molecule has 0 saturated carbocycles. The van der Waals surface area contributed by atoms with Gasteiger partial charge in [-0.1, -0.05) is 63.9 Å². The van der Waals surface area contributed by atoms with Gasteiger partial charge in [0.15, 0.2) is 5.82 Å². The number of aryl methyl sites for hydroxylation is 2. The first-order chi connectivity index (χ1) is 23.8. The third kappa shape index (κ3) is 8.06. The van der Waals surface area contributed by atoms with Crippen LogP contribution < -0.4 is 20.3 Å². The fraction of sp³-hybridized carbons (Fsp3) is 0.575. The van der Waals surface area contributed by atoms with Crippen LogP contribution in [0.3, 0.4) is 0 Å². The smallest absolute Gasteiger partial charge is 0.227 e. The first-order valence-electron chi connectivity index (χ1n) is 18.6. The van der Waals surface area contributed by atoms with Crippen LogP contribution in [0.15, 0.2) is 24.8 Å². The molecule has 9 heteroatoms. The number of aromatic nitrogens is 3. The van der Waals surface area contributed by atoms with Crippen molar-refractivity contribution in [2.45, 2.75) is 116 Å². The number of methoxy groups -OCH3 is 1. The Labute approximate surface area is 298 Å². The topological polar surface area (TPSA) is 75.2 Å². The van der Waals surface area contributed by atoms with E-state index < -0.39 is 5.82 Å². The number of nitrogens with zero attached hydrogens (tertiary/aromatic N) is 4. The fourth-order valence-corrected chi connectivity index (χ4v) is 8.13. The Bertz CT molecular complexity index is 1650. The second-order valence-electron chi connectivity index (χ2n) is 13.7. The number of nitrogens with one attached hydrogen (secondary N) is 2. The monoisotopic (exact) mass is 690 g/mol. The van der Waals surface area contributed by atoms with Gasteiger partial charge in [-0.25, -0.2) is 19.3 Å². The van der Waals surface area contributed by atoms with Gasteiger partial charge in [-0.15, -0.1) is 0 Å². The summed E-state index contributed by atoms with van der Waals surface area (Å²) in [7, 11) is 3.46. The summed E-state index contributed by atoms with van der Waals surface area (Å²) in [6.07, 6.45) is 13.3. The molecule has 2 aromatic heterocycles. The van der Waals surface area contributed by atoms with Crippen LogP contribution in [-0.2, 0) is 12.8 Å². The number of benzene rings is 1. The van der Waals surface area contributed by atoms with E-state index in [1.807, 2.05) is 20.9 Å². The van der Waals surface area contributed by atoms with Crippen molar-refractivity contribution in [2.75, 3.05) is 44.0 Å². The van der Waals surface area contributed by atoms with Crippen molar-refractivity contribution in [3.63, 3.8) is 0 Å². The van der Waals surface area contributed by atoms with Crippen LogP contribution in [0.25, 0.3) is 27.2 Å². The van der Waals surface area contributed by atoms with Crippen molar-refractivity contribution < 1.29 is 9.13 Å². The van der Waals surface area contributed by atoms with Gasteiger partial charge in [0.25, 0.3) is 0 Å². The highest BCUT2D eigenvalue weighted by atomic mass is 35.5. The molecule has 0 spiro atoms. The zero-order valence-corrected chi connectivity index (χ0v) is 31.2. The number of pyridine rings is 1. The van der Waals surface area contributed by atoms with Gasteiger partial charge in [-0.3, -0.25) is 0 Å². The average molecular weight is 691 g/mol. The molecule has 0 radical (unpaired) electrons. The van der Waals surface area contributed by atoms with Gasteiger partial charge in [0.2, 0.25) is 5.88 Å². The van der Waals surface area contributed by atoms with Crippen molar-refractivity contribution in [1.82, 2.24) is 20.3 Å². The predicted molar refractivity (Wildman–Crippen MR) is 205 cm³/mol. The van der Waals surface area contributed by atoms with Gasteiger partial charge in [0.05, 0.1) is 7.11 Å². The third-order valence-corrected chi connectivity index (χ3v) is 10.5. The highest BCUT2D eigenvalue weighted by Crippen LogP contribution is 2.48. The van der Waals surface area contributed by atoms with E-state index in [0.717, 1.165) is 94.5 Å². The highest BCUT2D eigenvalue weighted by molar-refractivity contribution is 6.49. The molecule has 0 amide bonds. The summed E-state index contributed by atoms with van der Waals surface area (Å²) < 4.78 is 23.4. The van der Waals surface area contributed by atoms with E-state index in [-0.39, 0.29) is 17.1 Å². The van der Waals surface area contributed by atoms with Gasteiger partial charge < -0.3 is 20.3 Å². The van der Waals surface area contributed by atoms with Crippen LogP contribution >= 0.6 is 11.6 Å². The van der Waals surface area contributed by atoms with Crippen molar-refractivity contribution in [2.24, 2.45) is 0 Å². The number of rotatable bonds is 8. The molecule has 266 valence electrons.